The number of fused-ring (bicyclic) bond motifs is 1. The molecule has 0 bridgehead atoms. The van der Waals surface area contributed by atoms with Gasteiger partial charge >= 0.3 is 0 Å². The first-order valence-corrected chi connectivity index (χ1v) is 7.77. The molecule has 2 aliphatic rings. The molecule has 110 valence electrons. The molecule has 3 rings (SSSR count). The monoisotopic (exact) mass is 276 g/mol. The van der Waals surface area contributed by atoms with Crippen LogP contribution in [0.5, 0.6) is 0 Å². The summed E-state index contributed by atoms with van der Waals surface area (Å²) in [5.41, 5.74) is 8.44. The Hall–Kier alpha value is -1.20. The van der Waals surface area contributed by atoms with E-state index in [0.717, 1.165) is 50.6 Å². The van der Waals surface area contributed by atoms with Crippen LogP contribution in [0.2, 0.25) is 0 Å². The van der Waals surface area contributed by atoms with Crippen molar-refractivity contribution in [2.24, 2.45) is 0 Å². The first-order chi connectivity index (χ1) is 9.78. The van der Waals surface area contributed by atoms with Crippen molar-refractivity contribution in [2.45, 2.75) is 45.1 Å². The van der Waals surface area contributed by atoms with Crippen LogP contribution in [0.1, 0.15) is 49.4 Å². The summed E-state index contributed by atoms with van der Waals surface area (Å²) >= 11 is 0. The maximum Gasteiger partial charge on any atom is 0.161 e. The Morgan fingerprint density at radius 1 is 1.30 bits per heavy atom. The van der Waals surface area contributed by atoms with Crippen molar-refractivity contribution in [2.75, 3.05) is 32.0 Å². The second kappa shape index (κ2) is 6.06. The minimum atomic E-state index is -0.0233. The van der Waals surface area contributed by atoms with Gasteiger partial charge in [0.05, 0.1) is 6.61 Å². The van der Waals surface area contributed by atoms with Crippen molar-refractivity contribution >= 4 is 5.82 Å². The maximum atomic E-state index is 6.12. The third kappa shape index (κ3) is 2.79. The Kier molecular flexibility index (Phi) is 4.17. The molecular formula is C15H24N4O. The number of nitrogens with zero attached hydrogens (tertiary/aromatic N) is 3. The molecule has 1 aliphatic carbocycles. The fourth-order valence-corrected chi connectivity index (χ4v) is 3.16. The summed E-state index contributed by atoms with van der Waals surface area (Å²) in [6, 6.07) is 0. The minimum Gasteiger partial charge on any atom is -0.383 e. The lowest BCUT2D eigenvalue weighted by Gasteiger charge is -2.32. The van der Waals surface area contributed by atoms with Crippen molar-refractivity contribution < 1.29 is 4.74 Å². The van der Waals surface area contributed by atoms with Gasteiger partial charge in [0, 0.05) is 24.3 Å². The zero-order valence-electron chi connectivity index (χ0n) is 12.3. The number of hydrogen-bond acceptors (Lipinski definition) is 5. The van der Waals surface area contributed by atoms with E-state index < -0.39 is 0 Å². The van der Waals surface area contributed by atoms with E-state index in [4.69, 9.17) is 15.5 Å². The van der Waals surface area contributed by atoms with E-state index in [1.807, 2.05) is 0 Å². The Labute approximate surface area is 120 Å². The SMILES string of the molecule is CCCN1CCOC(c2nc(N)c3c(n2)CCCC3)C1. The van der Waals surface area contributed by atoms with Gasteiger partial charge in [0.1, 0.15) is 11.9 Å². The van der Waals surface area contributed by atoms with E-state index in [1.54, 1.807) is 0 Å². The number of rotatable bonds is 3. The quantitative estimate of drug-likeness (QED) is 0.910. The highest BCUT2D eigenvalue weighted by Gasteiger charge is 2.26. The molecule has 20 heavy (non-hydrogen) atoms. The predicted octanol–water partition coefficient (Wildman–Crippen LogP) is 1.72. The number of nitrogens with two attached hydrogens (primary N) is 1. The first kappa shape index (κ1) is 13.8. The van der Waals surface area contributed by atoms with Crippen molar-refractivity contribution in [1.82, 2.24) is 14.9 Å². The second-order valence-electron chi connectivity index (χ2n) is 5.76. The lowest BCUT2D eigenvalue weighted by atomic mass is 9.96. The highest BCUT2D eigenvalue weighted by molar-refractivity contribution is 5.43. The zero-order chi connectivity index (χ0) is 13.9. The zero-order valence-corrected chi connectivity index (χ0v) is 12.3. The van der Waals surface area contributed by atoms with Crippen molar-refractivity contribution in [3.05, 3.63) is 17.1 Å². The smallest absolute Gasteiger partial charge is 0.161 e. The predicted molar refractivity (Wildman–Crippen MR) is 78.5 cm³/mol. The van der Waals surface area contributed by atoms with Crippen LogP contribution in [0.4, 0.5) is 5.82 Å². The minimum absolute atomic E-state index is 0.0233. The number of hydrogen-bond donors (Lipinski definition) is 1. The third-order valence-electron chi connectivity index (χ3n) is 4.21. The molecule has 1 aromatic rings. The lowest BCUT2D eigenvalue weighted by Crippen LogP contribution is -2.39. The van der Waals surface area contributed by atoms with Gasteiger partial charge in [-0.25, -0.2) is 9.97 Å². The van der Waals surface area contributed by atoms with Gasteiger partial charge in [-0.3, -0.25) is 4.90 Å². The molecule has 1 unspecified atom stereocenters. The topological polar surface area (TPSA) is 64.3 Å². The molecule has 0 amide bonds. The van der Waals surface area contributed by atoms with Gasteiger partial charge < -0.3 is 10.5 Å². The van der Waals surface area contributed by atoms with E-state index >= 15 is 0 Å². The number of aryl methyl sites for hydroxylation is 1. The Morgan fingerprint density at radius 3 is 3.00 bits per heavy atom. The molecule has 1 aliphatic heterocycles. The van der Waals surface area contributed by atoms with Crippen LogP contribution in [0.25, 0.3) is 0 Å². The van der Waals surface area contributed by atoms with E-state index in [1.165, 1.54) is 24.8 Å². The molecule has 0 saturated carbocycles. The summed E-state index contributed by atoms with van der Waals surface area (Å²) in [4.78, 5) is 11.7. The summed E-state index contributed by atoms with van der Waals surface area (Å²) in [6.45, 7) is 5.96. The molecule has 0 aromatic carbocycles. The number of nitrogen functional groups attached to an aromatic ring is 1. The molecule has 0 radical (unpaired) electrons. The molecule has 1 fully saturated rings. The van der Waals surface area contributed by atoms with E-state index in [-0.39, 0.29) is 6.10 Å². The van der Waals surface area contributed by atoms with Gasteiger partial charge in [0.25, 0.3) is 0 Å². The number of morpholine rings is 1. The highest BCUT2D eigenvalue weighted by Crippen LogP contribution is 2.27. The van der Waals surface area contributed by atoms with Crippen molar-refractivity contribution in [1.29, 1.82) is 0 Å². The normalized spacial score (nSPS) is 23.6. The second-order valence-corrected chi connectivity index (χ2v) is 5.76. The van der Waals surface area contributed by atoms with Crippen LogP contribution < -0.4 is 5.73 Å². The van der Waals surface area contributed by atoms with Gasteiger partial charge in [-0.2, -0.15) is 0 Å². The van der Waals surface area contributed by atoms with Gasteiger partial charge in [0.15, 0.2) is 5.82 Å². The first-order valence-electron chi connectivity index (χ1n) is 7.77. The average Bonchev–Trinajstić information content (AvgIpc) is 2.48. The lowest BCUT2D eigenvalue weighted by molar-refractivity contribution is -0.0342. The van der Waals surface area contributed by atoms with Crippen molar-refractivity contribution in [3.63, 3.8) is 0 Å². The molecule has 2 heterocycles. The molecule has 5 nitrogen and oxygen atoms in total. The summed E-state index contributed by atoms with van der Waals surface area (Å²) in [6.07, 6.45) is 5.60. The molecule has 1 aromatic heterocycles. The molecule has 1 atom stereocenters. The summed E-state index contributed by atoms with van der Waals surface area (Å²) in [5, 5.41) is 0. The fourth-order valence-electron chi connectivity index (χ4n) is 3.16. The standard InChI is InChI=1S/C15H24N4O/c1-2-7-19-8-9-20-13(10-19)15-17-12-6-4-3-5-11(12)14(16)18-15/h13H,2-10H2,1H3,(H2,16,17,18). The van der Waals surface area contributed by atoms with Crippen LogP contribution in [0.3, 0.4) is 0 Å². The van der Waals surface area contributed by atoms with E-state index in [9.17, 15) is 0 Å². The van der Waals surface area contributed by atoms with Crippen LogP contribution in [-0.4, -0.2) is 41.1 Å². The number of anilines is 1. The van der Waals surface area contributed by atoms with Gasteiger partial charge in [0.2, 0.25) is 0 Å². The summed E-state index contributed by atoms with van der Waals surface area (Å²) < 4.78 is 5.86. The molecule has 1 saturated heterocycles. The van der Waals surface area contributed by atoms with Crippen LogP contribution in [-0.2, 0) is 17.6 Å². The van der Waals surface area contributed by atoms with Gasteiger partial charge in [-0.05, 0) is 38.6 Å². The summed E-state index contributed by atoms with van der Waals surface area (Å²) in [7, 11) is 0. The van der Waals surface area contributed by atoms with E-state index in [0.29, 0.717) is 5.82 Å². The van der Waals surface area contributed by atoms with E-state index in [2.05, 4.69) is 16.8 Å². The van der Waals surface area contributed by atoms with Crippen LogP contribution in [0, 0.1) is 0 Å². The largest absolute Gasteiger partial charge is 0.383 e. The average molecular weight is 276 g/mol. The number of aromatic nitrogens is 2. The molecular weight excluding hydrogens is 252 g/mol. The molecule has 5 heteroatoms. The Morgan fingerprint density at radius 2 is 2.15 bits per heavy atom. The van der Waals surface area contributed by atoms with Gasteiger partial charge in [-0.15, -0.1) is 0 Å². The third-order valence-corrected chi connectivity index (χ3v) is 4.21. The van der Waals surface area contributed by atoms with Crippen molar-refractivity contribution in [3.8, 4) is 0 Å². The van der Waals surface area contributed by atoms with Crippen LogP contribution in [0.15, 0.2) is 0 Å². The molecule has 2 N–H and O–H groups in total. The highest BCUT2D eigenvalue weighted by atomic mass is 16.5. The van der Waals surface area contributed by atoms with Gasteiger partial charge in [-0.1, -0.05) is 6.92 Å². The van der Waals surface area contributed by atoms with Crippen LogP contribution >= 0.6 is 0 Å². The Bertz CT molecular complexity index is 475. The Balaban J connectivity index is 1.81. The molecule has 0 spiro atoms. The fraction of sp³-hybridized carbons (Fsp3) is 0.733. The maximum absolute atomic E-state index is 6.12. The summed E-state index contributed by atoms with van der Waals surface area (Å²) in [5.74, 6) is 1.45. The number of ether oxygens (including phenoxy) is 1.